The summed E-state index contributed by atoms with van der Waals surface area (Å²) in [4.78, 5) is 15.6. The number of ether oxygens (including phenoxy) is 3. The summed E-state index contributed by atoms with van der Waals surface area (Å²) in [6.07, 6.45) is 2.29. The average Bonchev–Trinajstić information content (AvgIpc) is 3.35. The first kappa shape index (κ1) is 26.4. The van der Waals surface area contributed by atoms with E-state index in [1.165, 1.54) is 5.56 Å². The molecule has 0 amide bonds. The SMILES string of the molecule is CCOC(=O)[C@@]12C[C@@H]3[C@H](Cc4cccc(OC)c4)C[C@@H]([Si](C)(C)C)C[C@@]3(O1)N(Cc1ccccc1)[C@H]2O. The predicted molar refractivity (Wildman–Crippen MR) is 146 cm³/mol. The van der Waals surface area contributed by atoms with Crippen LogP contribution in [0.2, 0.25) is 25.2 Å². The highest BCUT2D eigenvalue weighted by molar-refractivity contribution is 6.77. The molecule has 6 nitrogen and oxygen atoms in total. The Bertz CT molecular complexity index is 1120. The highest BCUT2D eigenvalue weighted by atomic mass is 28.3. The molecule has 200 valence electrons. The average molecular weight is 524 g/mol. The minimum absolute atomic E-state index is 0.114. The number of nitrogens with zero attached hydrogens (tertiary/aromatic N) is 1. The Morgan fingerprint density at radius 3 is 2.51 bits per heavy atom. The number of benzene rings is 2. The van der Waals surface area contributed by atoms with E-state index in [0.717, 1.165) is 30.6 Å². The van der Waals surface area contributed by atoms with Crippen LogP contribution >= 0.6 is 0 Å². The van der Waals surface area contributed by atoms with Crippen molar-refractivity contribution in [3.63, 3.8) is 0 Å². The van der Waals surface area contributed by atoms with E-state index in [4.69, 9.17) is 14.2 Å². The first-order valence-electron chi connectivity index (χ1n) is 13.6. The van der Waals surface area contributed by atoms with E-state index in [9.17, 15) is 9.90 Å². The molecular formula is C30H41NO5Si. The largest absolute Gasteiger partial charge is 0.497 e. The number of carbonyl (C=O) groups is 1. The van der Waals surface area contributed by atoms with Crippen molar-refractivity contribution < 1.29 is 24.1 Å². The van der Waals surface area contributed by atoms with Crippen LogP contribution in [0.4, 0.5) is 0 Å². The van der Waals surface area contributed by atoms with Gasteiger partial charge in [-0.05, 0) is 67.3 Å². The van der Waals surface area contributed by atoms with Crippen LogP contribution in [0.1, 0.15) is 37.3 Å². The maximum absolute atomic E-state index is 13.5. The van der Waals surface area contributed by atoms with E-state index in [1.807, 2.05) is 37.3 Å². The number of rotatable bonds is 8. The van der Waals surface area contributed by atoms with Gasteiger partial charge in [0.2, 0.25) is 5.60 Å². The molecule has 0 aromatic heterocycles. The summed E-state index contributed by atoms with van der Waals surface area (Å²) in [6.45, 7) is 9.89. The summed E-state index contributed by atoms with van der Waals surface area (Å²) in [7, 11) is 0.123. The van der Waals surface area contributed by atoms with Crippen LogP contribution in [-0.2, 0) is 27.2 Å². The van der Waals surface area contributed by atoms with Gasteiger partial charge < -0.3 is 19.3 Å². The zero-order chi connectivity index (χ0) is 26.4. The van der Waals surface area contributed by atoms with Crippen molar-refractivity contribution >= 4 is 14.0 Å². The number of aliphatic hydroxyl groups is 1. The summed E-state index contributed by atoms with van der Waals surface area (Å²) in [5.41, 5.74) is 0.787. The van der Waals surface area contributed by atoms with E-state index < -0.39 is 31.6 Å². The predicted octanol–water partition coefficient (Wildman–Crippen LogP) is 5.23. The lowest BCUT2D eigenvalue weighted by Crippen LogP contribution is -2.63. The van der Waals surface area contributed by atoms with Gasteiger partial charge >= 0.3 is 5.97 Å². The maximum atomic E-state index is 13.5. The fourth-order valence-electron chi connectivity index (χ4n) is 7.09. The minimum atomic E-state index is -1.58. The number of fused-ring (bicyclic) bond motifs is 1. The molecule has 2 aromatic carbocycles. The van der Waals surface area contributed by atoms with E-state index in [2.05, 4.69) is 48.8 Å². The van der Waals surface area contributed by atoms with Crippen molar-refractivity contribution in [3.05, 3.63) is 65.7 Å². The Morgan fingerprint density at radius 2 is 1.84 bits per heavy atom. The van der Waals surface area contributed by atoms with Gasteiger partial charge in [0, 0.05) is 20.5 Å². The van der Waals surface area contributed by atoms with Gasteiger partial charge in [0.05, 0.1) is 13.7 Å². The Hall–Kier alpha value is -2.19. The quantitative estimate of drug-likeness (QED) is 0.378. The lowest BCUT2D eigenvalue weighted by molar-refractivity contribution is -0.177. The molecular weight excluding hydrogens is 482 g/mol. The van der Waals surface area contributed by atoms with Gasteiger partial charge in [-0.1, -0.05) is 62.1 Å². The third kappa shape index (κ3) is 4.54. The number of aliphatic hydroxyl groups excluding tert-OH is 1. The first-order valence-corrected chi connectivity index (χ1v) is 17.2. The molecule has 1 spiro atoms. The normalized spacial score (nSPS) is 33.2. The summed E-state index contributed by atoms with van der Waals surface area (Å²) in [5.74, 6) is 0.858. The molecule has 5 rings (SSSR count). The second-order valence-corrected chi connectivity index (χ2v) is 17.7. The third-order valence-electron chi connectivity index (χ3n) is 9.03. The van der Waals surface area contributed by atoms with Gasteiger partial charge in [0.15, 0.2) is 0 Å². The number of carbonyl (C=O) groups excluding carboxylic acids is 1. The second kappa shape index (κ2) is 9.84. The molecule has 0 unspecified atom stereocenters. The fourth-order valence-corrected chi connectivity index (χ4v) is 9.01. The molecule has 1 saturated carbocycles. The van der Waals surface area contributed by atoms with Crippen LogP contribution in [0, 0.1) is 11.8 Å². The lowest BCUT2D eigenvalue weighted by atomic mass is 9.66. The molecule has 3 aliphatic rings. The summed E-state index contributed by atoms with van der Waals surface area (Å²) in [6, 6.07) is 18.5. The standard InChI is InChI=1S/C30H41NO5Si/c1-6-35-28(33)29-19-26-23(15-22-13-10-14-24(16-22)34-2)17-25(37(3,4)5)18-30(26,36-29)31(27(29)32)20-21-11-8-7-9-12-21/h7-14,16,23,25-27,32H,6,15,17-20H2,1-5H3/t23-,25-,26-,27+,29+,30+/m1/s1. The summed E-state index contributed by atoms with van der Waals surface area (Å²) in [5, 5.41) is 11.7. The Labute approximate surface area is 221 Å². The number of hydrogen-bond donors (Lipinski definition) is 1. The van der Waals surface area contributed by atoms with Crippen LogP contribution in [0.3, 0.4) is 0 Å². The number of hydrogen-bond acceptors (Lipinski definition) is 6. The van der Waals surface area contributed by atoms with Crippen molar-refractivity contribution in [2.45, 2.75) is 81.9 Å². The zero-order valence-electron chi connectivity index (χ0n) is 22.8. The van der Waals surface area contributed by atoms with Gasteiger partial charge in [-0.25, -0.2) is 9.69 Å². The summed E-state index contributed by atoms with van der Waals surface area (Å²) < 4.78 is 17.9. The Balaban J connectivity index is 1.58. The molecule has 2 heterocycles. The minimum Gasteiger partial charge on any atom is -0.497 e. The molecule has 2 bridgehead atoms. The molecule has 2 aromatic rings. The first-order chi connectivity index (χ1) is 17.6. The molecule has 3 fully saturated rings. The number of esters is 1. The maximum Gasteiger partial charge on any atom is 0.342 e. The van der Waals surface area contributed by atoms with Gasteiger partial charge in [-0.15, -0.1) is 0 Å². The van der Waals surface area contributed by atoms with E-state index in [-0.39, 0.29) is 12.5 Å². The highest BCUT2D eigenvalue weighted by Crippen LogP contribution is 2.65. The molecule has 2 aliphatic heterocycles. The molecule has 1 aliphatic carbocycles. The van der Waals surface area contributed by atoms with Crippen molar-refractivity contribution in [2.24, 2.45) is 11.8 Å². The lowest BCUT2D eigenvalue weighted by Gasteiger charge is -2.54. The number of likely N-dealkylation sites (tertiary alicyclic amines) is 1. The fraction of sp³-hybridized carbons (Fsp3) is 0.567. The second-order valence-electron chi connectivity index (χ2n) is 12.2. The van der Waals surface area contributed by atoms with Crippen LogP contribution in [0.5, 0.6) is 5.75 Å². The van der Waals surface area contributed by atoms with Gasteiger partial charge in [0.1, 0.15) is 17.7 Å². The highest BCUT2D eigenvalue weighted by Gasteiger charge is 2.76. The zero-order valence-corrected chi connectivity index (χ0v) is 23.8. The van der Waals surface area contributed by atoms with Crippen LogP contribution in [-0.4, -0.2) is 55.3 Å². The van der Waals surface area contributed by atoms with Gasteiger partial charge in [-0.3, -0.25) is 0 Å². The molecule has 2 saturated heterocycles. The Kier molecular flexibility index (Phi) is 7.03. The van der Waals surface area contributed by atoms with Crippen molar-refractivity contribution in [1.82, 2.24) is 4.90 Å². The summed E-state index contributed by atoms with van der Waals surface area (Å²) >= 11 is 0. The van der Waals surface area contributed by atoms with Crippen molar-refractivity contribution in [2.75, 3.05) is 13.7 Å². The molecule has 0 radical (unpaired) electrons. The van der Waals surface area contributed by atoms with Gasteiger partial charge in [0.25, 0.3) is 0 Å². The smallest absolute Gasteiger partial charge is 0.342 e. The topological polar surface area (TPSA) is 68.2 Å². The monoisotopic (exact) mass is 523 g/mol. The molecule has 37 heavy (non-hydrogen) atoms. The van der Waals surface area contributed by atoms with E-state index in [0.29, 0.717) is 24.4 Å². The molecule has 7 heteroatoms. The molecule has 6 atom stereocenters. The number of methoxy groups -OCH3 is 1. The van der Waals surface area contributed by atoms with Crippen LogP contribution < -0.4 is 4.74 Å². The molecule has 1 N–H and O–H groups in total. The number of piperidine rings is 1. The Morgan fingerprint density at radius 1 is 1.11 bits per heavy atom. The van der Waals surface area contributed by atoms with E-state index >= 15 is 0 Å². The van der Waals surface area contributed by atoms with Crippen molar-refractivity contribution in [1.29, 1.82) is 0 Å². The van der Waals surface area contributed by atoms with Crippen LogP contribution in [0.15, 0.2) is 54.6 Å². The van der Waals surface area contributed by atoms with Crippen LogP contribution in [0.25, 0.3) is 0 Å². The van der Waals surface area contributed by atoms with Gasteiger partial charge in [-0.2, -0.15) is 0 Å². The van der Waals surface area contributed by atoms with E-state index in [1.54, 1.807) is 7.11 Å². The third-order valence-corrected chi connectivity index (χ3v) is 11.9. The van der Waals surface area contributed by atoms with Crippen molar-refractivity contribution in [3.8, 4) is 5.75 Å².